The summed E-state index contributed by atoms with van der Waals surface area (Å²) < 4.78 is 11.8. The van der Waals surface area contributed by atoms with E-state index in [-0.39, 0.29) is 4.75 Å². The number of aliphatic imine (C=N–C) groups is 1. The highest BCUT2D eigenvalue weighted by molar-refractivity contribution is 8.00. The maximum Gasteiger partial charge on any atom is 0.193 e. The van der Waals surface area contributed by atoms with Crippen molar-refractivity contribution in [3.63, 3.8) is 0 Å². The van der Waals surface area contributed by atoms with E-state index < -0.39 is 0 Å². The third-order valence-corrected chi connectivity index (χ3v) is 7.14. The predicted octanol–water partition coefficient (Wildman–Crippen LogP) is 3.40. The maximum atomic E-state index is 5.98. The van der Waals surface area contributed by atoms with Crippen molar-refractivity contribution in [2.75, 3.05) is 52.3 Å². The van der Waals surface area contributed by atoms with Crippen LogP contribution in [0.1, 0.15) is 31.7 Å². The Hall–Kier alpha value is -1.24. The maximum absolute atomic E-state index is 5.98. The Bertz CT molecular complexity index is 605. The van der Waals surface area contributed by atoms with Gasteiger partial charge < -0.3 is 19.7 Å². The Morgan fingerprint density at radius 3 is 2.82 bits per heavy atom. The first-order chi connectivity index (χ1) is 13.7. The number of nitrogens with one attached hydrogen (secondary N) is 1. The van der Waals surface area contributed by atoms with Crippen LogP contribution in [0.25, 0.3) is 0 Å². The minimum Gasteiger partial charge on any atom is -0.381 e. The molecule has 2 fully saturated rings. The van der Waals surface area contributed by atoms with Crippen molar-refractivity contribution in [1.82, 2.24) is 10.2 Å². The first-order valence-electron chi connectivity index (χ1n) is 10.5. The smallest absolute Gasteiger partial charge is 0.193 e. The van der Waals surface area contributed by atoms with E-state index in [2.05, 4.69) is 47.7 Å². The summed E-state index contributed by atoms with van der Waals surface area (Å²) in [4.78, 5) is 7.45. The minimum atomic E-state index is 0.233. The van der Waals surface area contributed by atoms with Crippen LogP contribution >= 0.6 is 11.8 Å². The van der Waals surface area contributed by atoms with Gasteiger partial charge in [0.25, 0.3) is 0 Å². The van der Waals surface area contributed by atoms with Crippen LogP contribution in [0.15, 0.2) is 35.3 Å². The standard InChI is InChI=1S/C22H35N3O2S/c1-3-23-21(24-18-22(28-2)10-13-26-14-11-22)25-12-9-20(15-25)17-27-16-19-7-5-4-6-8-19/h4-8,20H,3,9-18H2,1-2H3,(H,23,24). The first kappa shape index (κ1) is 21.5. The van der Waals surface area contributed by atoms with Crippen LogP contribution in [0.2, 0.25) is 0 Å². The fourth-order valence-electron chi connectivity index (χ4n) is 3.89. The summed E-state index contributed by atoms with van der Waals surface area (Å²) in [6.45, 7) is 9.22. The molecule has 1 aromatic carbocycles. The van der Waals surface area contributed by atoms with Gasteiger partial charge >= 0.3 is 0 Å². The molecule has 156 valence electrons. The molecule has 2 saturated heterocycles. The van der Waals surface area contributed by atoms with Gasteiger partial charge in [0.1, 0.15) is 0 Å². The quantitative estimate of drug-likeness (QED) is 0.531. The Morgan fingerprint density at radius 1 is 1.32 bits per heavy atom. The monoisotopic (exact) mass is 405 g/mol. The molecule has 0 saturated carbocycles. The molecule has 1 unspecified atom stereocenters. The second-order valence-corrected chi connectivity index (χ2v) is 9.05. The summed E-state index contributed by atoms with van der Waals surface area (Å²) in [6.07, 6.45) is 5.56. The third-order valence-electron chi connectivity index (χ3n) is 5.74. The number of thioether (sulfide) groups is 1. The molecule has 1 atom stereocenters. The van der Waals surface area contributed by atoms with Crippen LogP contribution in [0.5, 0.6) is 0 Å². The van der Waals surface area contributed by atoms with Crippen LogP contribution < -0.4 is 5.32 Å². The van der Waals surface area contributed by atoms with Gasteiger partial charge in [-0.2, -0.15) is 11.8 Å². The van der Waals surface area contributed by atoms with Crippen LogP contribution in [0.4, 0.5) is 0 Å². The zero-order valence-electron chi connectivity index (χ0n) is 17.4. The van der Waals surface area contributed by atoms with Gasteiger partial charge in [0.15, 0.2) is 5.96 Å². The molecule has 6 heteroatoms. The zero-order valence-corrected chi connectivity index (χ0v) is 18.2. The normalized spacial score (nSPS) is 22.4. The van der Waals surface area contributed by atoms with Gasteiger partial charge in [-0.25, -0.2) is 0 Å². The summed E-state index contributed by atoms with van der Waals surface area (Å²) in [5, 5.41) is 3.50. The van der Waals surface area contributed by atoms with Crippen molar-refractivity contribution in [3.8, 4) is 0 Å². The molecule has 0 radical (unpaired) electrons. The van der Waals surface area contributed by atoms with Crippen molar-refractivity contribution >= 4 is 17.7 Å². The number of guanidine groups is 1. The Kier molecular flexibility index (Phi) is 8.49. The molecule has 0 amide bonds. The lowest BCUT2D eigenvalue weighted by Gasteiger charge is -2.34. The second kappa shape index (κ2) is 11.1. The number of likely N-dealkylation sites (tertiary alicyclic amines) is 1. The number of benzene rings is 1. The highest BCUT2D eigenvalue weighted by Gasteiger charge is 2.32. The van der Waals surface area contributed by atoms with E-state index in [9.17, 15) is 0 Å². The molecule has 2 aliphatic rings. The van der Waals surface area contributed by atoms with Crippen molar-refractivity contribution in [2.24, 2.45) is 10.9 Å². The van der Waals surface area contributed by atoms with Crippen molar-refractivity contribution in [1.29, 1.82) is 0 Å². The van der Waals surface area contributed by atoms with Gasteiger partial charge in [-0.3, -0.25) is 4.99 Å². The lowest BCUT2D eigenvalue weighted by molar-refractivity contribution is 0.0793. The van der Waals surface area contributed by atoms with Gasteiger partial charge in [0.2, 0.25) is 0 Å². The average molecular weight is 406 g/mol. The first-order valence-corrected chi connectivity index (χ1v) is 11.7. The predicted molar refractivity (Wildman–Crippen MR) is 118 cm³/mol. The van der Waals surface area contributed by atoms with Gasteiger partial charge in [-0.15, -0.1) is 0 Å². The van der Waals surface area contributed by atoms with E-state index in [1.54, 1.807) is 0 Å². The molecule has 1 aromatic rings. The molecule has 0 aliphatic carbocycles. The number of ether oxygens (including phenoxy) is 2. The largest absolute Gasteiger partial charge is 0.381 e. The topological polar surface area (TPSA) is 46.1 Å². The van der Waals surface area contributed by atoms with Crippen LogP contribution in [0, 0.1) is 5.92 Å². The average Bonchev–Trinajstić information content (AvgIpc) is 3.21. The van der Waals surface area contributed by atoms with Gasteiger partial charge in [-0.05, 0) is 38.0 Å². The van der Waals surface area contributed by atoms with Gasteiger partial charge in [-0.1, -0.05) is 30.3 Å². The summed E-state index contributed by atoms with van der Waals surface area (Å²) in [6, 6.07) is 10.4. The molecule has 0 bridgehead atoms. The third kappa shape index (κ3) is 6.13. The molecule has 0 aromatic heterocycles. The lowest BCUT2D eigenvalue weighted by atomic mass is 9.99. The summed E-state index contributed by atoms with van der Waals surface area (Å²) in [7, 11) is 0. The number of nitrogens with zero attached hydrogens (tertiary/aromatic N) is 2. The molecule has 2 aliphatic heterocycles. The molecule has 0 spiro atoms. The highest BCUT2D eigenvalue weighted by atomic mass is 32.2. The Morgan fingerprint density at radius 2 is 2.11 bits per heavy atom. The molecular formula is C22H35N3O2S. The SMILES string of the molecule is CCNC(=NCC1(SC)CCOCC1)N1CCC(COCc2ccccc2)C1. The minimum absolute atomic E-state index is 0.233. The van der Waals surface area contributed by atoms with Crippen LogP contribution in [-0.4, -0.2) is 67.9 Å². The van der Waals surface area contributed by atoms with E-state index in [0.29, 0.717) is 12.5 Å². The summed E-state index contributed by atoms with van der Waals surface area (Å²) in [5.74, 6) is 1.64. The van der Waals surface area contributed by atoms with E-state index in [1.165, 1.54) is 12.0 Å². The summed E-state index contributed by atoms with van der Waals surface area (Å²) in [5.41, 5.74) is 1.24. The van der Waals surface area contributed by atoms with Crippen molar-refractivity contribution < 1.29 is 9.47 Å². The highest BCUT2D eigenvalue weighted by Crippen LogP contribution is 2.34. The second-order valence-electron chi connectivity index (χ2n) is 7.77. The Labute approximate surface area is 174 Å². The molecular weight excluding hydrogens is 370 g/mol. The zero-order chi connectivity index (χ0) is 19.7. The van der Waals surface area contributed by atoms with Gasteiger partial charge in [0, 0.05) is 43.5 Å². The van der Waals surface area contributed by atoms with Crippen LogP contribution in [-0.2, 0) is 16.1 Å². The number of hydrogen-bond donors (Lipinski definition) is 1. The van der Waals surface area contributed by atoms with Crippen LogP contribution in [0.3, 0.4) is 0 Å². The molecule has 2 heterocycles. The van der Waals surface area contributed by atoms with Crippen molar-refractivity contribution in [3.05, 3.63) is 35.9 Å². The fourth-order valence-corrected chi connectivity index (χ4v) is 4.66. The molecule has 28 heavy (non-hydrogen) atoms. The lowest BCUT2D eigenvalue weighted by Crippen LogP contribution is -2.42. The van der Waals surface area contributed by atoms with E-state index >= 15 is 0 Å². The van der Waals surface area contributed by atoms with E-state index in [0.717, 1.165) is 64.8 Å². The van der Waals surface area contributed by atoms with E-state index in [1.807, 2.05) is 17.8 Å². The molecule has 5 nitrogen and oxygen atoms in total. The number of hydrogen-bond acceptors (Lipinski definition) is 4. The Balaban J connectivity index is 1.50. The van der Waals surface area contributed by atoms with Gasteiger partial charge in [0.05, 0.1) is 19.8 Å². The van der Waals surface area contributed by atoms with Crippen molar-refractivity contribution in [2.45, 2.75) is 37.5 Å². The summed E-state index contributed by atoms with van der Waals surface area (Å²) >= 11 is 1.95. The number of rotatable bonds is 8. The van der Waals surface area contributed by atoms with E-state index in [4.69, 9.17) is 14.5 Å². The molecule has 3 rings (SSSR count). The molecule has 1 N–H and O–H groups in total. The fraction of sp³-hybridized carbons (Fsp3) is 0.682.